The fourth-order valence-electron chi connectivity index (χ4n) is 1.10. The largest absolute Gasteiger partial charge is 0.378 e. The molecule has 0 saturated heterocycles. The van der Waals surface area contributed by atoms with Crippen molar-refractivity contribution < 1.29 is 4.74 Å². The summed E-state index contributed by atoms with van der Waals surface area (Å²) in [5, 5.41) is 3.16. The van der Waals surface area contributed by atoms with Crippen LogP contribution in [0.1, 0.15) is 23.5 Å². The first kappa shape index (κ1) is 10.6. The maximum atomic E-state index is 5.41. The van der Waals surface area contributed by atoms with E-state index in [4.69, 9.17) is 10.5 Å². The van der Waals surface area contributed by atoms with Crippen LogP contribution in [0.15, 0.2) is 5.38 Å². The number of thiazole rings is 1. The smallest absolute Gasteiger partial charge is 0.119 e. The first-order valence-electron chi connectivity index (χ1n) is 4.49. The van der Waals surface area contributed by atoms with Crippen molar-refractivity contribution in [2.24, 2.45) is 5.73 Å². The summed E-state index contributed by atoms with van der Waals surface area (Å²) < 4.78 is 4.99. The number of nitrogens with two attached hydrogens (primary N) is 1. The highest BCUT2D eigenvalue weighted by Crippen LogP contribution is 2.12. The number of aromatic nitrogens is 1. The van der Waals surface area contributed by atoms with E-state index in [0.29, 0.717) is 6.61 Å². The summed E-state index contributed by atoms with van der Waals surface area (Å²) in [5.74, 6) is 0. The highest BCUT2D eigenvalue weighted by molar-refractivity contribution is 7.09. The van der Waals surface area contributed by atoms with Gasteiger partial charge in [-0.1, -0.05) is 0 Å². The summed E-state index contributed by atoms with van der Waals surface area (Å²) >= 11 is 1.66. The molecule has 0 aliphatic heterocycles. The topological polar surface area (TPSA) is 48.1 Å². The van der Waals surface area contributed by atoms with Crippen molar-refractivity contribution in [2.75, 3.05) is 13.7 Å². The quantitative estimate of drug-likeness (QED) is 0.709. The van der Waals surface area contributed by atoms with Crippen LogP contribution in [-0.4, -0.2) is 18.6 Å². The molecule has 0 radical (unpaired) electrons. The summed E-state index contributed by atoms with van der Waals surface area (Å²) in [6.45, 7) is 1.40. The lowest BCUT2D eigenvalue weighted by atomic mass is 10.2. The zero-order valence-electron chi connectivity index (χ0n) is 7.95. The Kier molecular flexibility index (Phi) is 4.97. The Labute approximate surface area is 82.9 Å². The molecule has 0 amide bonds. The third kappa shape index (κ3) is 3.85. The van der Waals surface area contributed by atoms with Gasteiger partial charge in [0.05, 0.1) is 12.3 Å². The van der Waals surface area contributed by atoms with Gasteiger partial charge in [0.2, 0.25) is 0 Å². The van der Waals surface area contributed by atoms with Crippen molar-refractivity contribution in [2.45, 2.75) is 25.9 Å². The number of rotatable bonds is 6. The van der Waals surface area contributed by atoms with E-state index < -0.39 is 0 Å². The molecule has 1 aromatic rings. The third-order valence-corrected chi connectivity index (χ3v) is 2.63. The van der Waals surface area contributed by atoms with Gasteiger partial charge in [-0.05, 0) is 25.8 Å². The molecule has 0 saturated carbocycles. The fourth-order valence-corrected chi connectivity index (χ4v) is 1.90. The summed E-state index contributed by atoms with van der Waals surface area (Å²) in [4.78, 5) is 4.42. The van der Waals surface area contributed by atoms with Gasteiger partial charge < -0.3 is 10.5 Å². The molecule has 13 heavy (non-hydrogen) atoms. The molecule has 0 spiro atoms. The van der Waals surface area contributed by atoms with Crippen LogP contribution in [0.2, 0.25) is 0 Å². The molecular formula is C9H16N2OS. The van der Waals surface area contributed by atoms with Gasteiger partial charge in [-0.3, -0.25) is 0 Å². The lowest BCUT2D eigenvalue weighted by molar-refractivity contribution is 0.184. The minimum absolute atomic E-state index is 0.627. The van der Waals surface area contributed by atoms with Crippen molar-refractivity contribution in [1.82, 2.24) is 4.98 Å². The second-order valence-corrected chi connectivity index (χ2v) is 3.85. The molecule has 2 N–H and O–H groups in total. The minimum atomic E-state index is 0.627. The number of aryl methyl sites for hydroxylation is 1. The molecular weight excluding hydrogens is 184 g/mol. The Hall–Kier alpha value is -0.450. The molecule has 74 valence electrons. The molecule has 0 aliphatic carbocycles. The fraction of sp³-hybridized carbons (Fsp3) is 0.667. The van der Waals surface area contributed by atoms with Crippen molar-refractivity contribution >= 4 is 11.3 Å². The molecule has 0 bridgehead atoms. The Balaban J connectivity index is 2.31. The molecule has 3 nitrogen and oxygen atoms in total. The van der Waals surface area contributed by atoms with E-state index in [1.807, 2.05) is 0 Å². The summed E-state index contributed by atoms with van der Waals surface area (Å²) in [6, 6.07) is 0. The van der Waals surface area contributed by atoms with Crippen molar-refractivity contribution in [3.8, 4) is 0 Å². The first-order chi connectivity index (χ1) is 6.36. The van der Waals surface area contributed by atoms with Crippen molar-refractivity contribution in [1.29, 1.82) is 0 Å². The molecule has 0 atom stereocenters. The SMILES string of the molecule is COCc1nc(CCCCN)cs1. The zero-order valence-corrected chi connectivity index (χ0v) is 8.77. The van der Waals surface area contributed by atoms with Gasteiger partial charge >= 0.3 is 0 Å². The van der Waals surface area contributed by atoms with Crippen LogP contribution in [0.5, 0.6) is 0 Å². The molecule has 1 rings (SSSR count). The highest BCUT2D eigenvalue weighted by atomic mass is 32.1. The van der Waals surface area contributed by atoms with E-state index in [-0.39, 0.29) is 0 Å². The molecule has 0 unspecified atom stereocenters. The normalized spacial score (nSPS) is 10.6. The van der Waals surface area contributed by atoms with Gasteiger partial charge in [0, 0.05) is 12.5 Å². The van der Waals surface area contributed by atoms with E-state index in [9.17, 15) is 0 Å². The van der Waals surface area contributed by atoms with E-state index in [0.717, 1.165) is 30.8 Å². The van der Waals surface area contributed by atoms with Crippen LogP contribution in [0.3, 0.4) is 0 Å². The van der Waals surface area contributed by atoms with Crippen molar-refractivity contribution in [3.63, 3.8) is 0 Å². The lowest BCUT2D eigenvalue weighted by Gasteiger charge is -1.94. The molecule has 1 heterocycles. The van der Waals surface area contributed by atoms with Gasteiger partial charge in [-0.25, -0.2) is 4.98 Å². The first-order valence-corrected chi connectivity index (χ1v) is 5.37. The van der Waals surface area contributed by atoms with Crippen LogP contribution in [0.4, 0.5) is 0 Å². The summed E-state index contributed by atoms with van der Waals surface area (Å²) in [5.41, 5.74) is 6.58. The number of ether oxygens (including phenoxy) is 1. The number of hydrogen-bond donors (Lipinski definition) is 1. The van der Waals surface area contributed by atoms with Gasteiger partial charge in [-0.15, -0.1) is 11.3 Å². The molecule has 0 aliphatic rings. The summed E-state index contributed by atoms with van der Waals surface area (Å²) in [7, 11) is 1.69. The van der Waals surface area contributed by atoms with Crippen LogP contribution in [-0.2, 0) is 17.8 Å². The summed E-state index contributed by atoms with van der Waals surface area (Å²) in [6.07, 6.45) is 3.25. The van der Waals surface area contributed by atoms with Crippen molar-refractivity contribution in [3.05, 3.63) is 16.1 Å². The number of methoxy groups -OCH3 is 1. The maximum absolute atomic E-state index is 5.41. The van der Waals surface area contributed by atoms with Gasteiger partial charge in [0.25, 0.3) is 0 Å². The van der Waals surface area contributed by atoms with E-state index >= 15 is 0 Å². The number of hydrogen-bond acceptors (Lipinski definition) is 4. The Bertz CT molecular complexity index is 237. The number of nitrogens with zero attached hydrogens (tertiary/aromatic N) is 1. The average Bonchev–Trinajstić information content (AvgIpc) is 2.54. The van der Waals surface area contributed by atoms with Gasteiger partial charge in [-0.2, -0.15) is 0 Å². The van der Waals surface area contributed by atoms with E-state index in [1.54, 1.807) is 18.4 Å². The average molecular weight is 200 g/mol. The molecule has 4 heteroatoms. The Morgan fingerprint density at radius 2 is 2.38 bits per heavy atom. The van der Waals surface area contributed by atoms with Crippen LogP contribution >= 0.6 is 11.3 Å². The maximum Gasteiger partial charge on any atom is 0.119 e. The predicted molar refractivity (Wildman–Crippen MR) is 54.8 cm³/mol. The molecule has 1 aromatic heterocycles. The van der Waals surface area contributed by atoms with Gasteiger partial charge in [0.15, 0.2) is 0 Å². The lowest BCUT2D eigenvalue weighted by Crippen LogP contribution is -1.99. The van der Waals surface area contributed by atoms with Crippen LogP contribution in [0.25, 0.3) is 0 Å². The highest BCUT2D eigenvalue weighted by Gasteiger charge is 2.00. The third-order valence-electron chi connectivity index (χ3n) is 1.75. The Morgan fingerprint density at radius 1 is 1.54 bits per heavy atom. The standard InChI is InChI=1S/C9H16N2OS/c1-12-6-9-11-8(7-13-9)4-2-3-5-10/h7H,2-6,10H2,1H3. The van der Waals surface area contributed by atoms with Gasteiger partial charge in [0.1, 0.15) is 5.01 Å². The van der Waals surface area contributed by atoms with Crippen LogP contribution in [0, 0.1) is 0 Å². The number of unbranched alkanes of at least 4 members (excludes halogenated alkanes) is 1. The molecule has 0 fully saturated rings. The monoisotopic (exact) mass is 200 g/mol. The Morgan fingerprint density at radius 3 is 3.08 bits per heavy atom. The minimum Gasteiger partial charge on any atom is -0.378 e. The van der Waals surface area contributed by atoms with E-state index in [2.05, 4.69) is 10.4 Å². The second kappa shape index (κ2) is 6.07. The predicted octanol–water partition coefficient (Wildman–Crippen LogP) is 1.57. The van der Waals surface area contributed by atoms with Crippen LogP contribution < -0.4 is 5.73 Å². The van der Waals surface area contributed by atoms with E-state index in [1.165, 1.54) is 5.69 Å². The second-order valence-electron chi connectivity index (χ2n) is 2.91. The molecule has 0 aromatic carbocycles. The zero-order chi connectivity index (χ0) is 9.52.